The van der Waals surface area contributed by atoms with Gasteiger partial charge in [0.1, 0.15) is 23.8 Å². The Morgan fingerprint density at radius 1 is 0.625 bits per heavy atom. The lowest BCUT2D eigenvalue weighted by Gasteiger charge is -2.45. The number of benzene rings is 2. The molecular formula is C33H51N3O3S. The van der Waals surface area contributed by atoms with Crippen LogP contribution < -0.4 is 10.6 Å². The molecule has 6 nitrogen and oxygen atoms in total. The van der Waals surface area contributed by atoms with E-state index in [1.165, 1.54) is 0 Å². The third-order valence-corrected chi connectivity index (χ3v) is 7.92. The number of nitrogens with zero attached hydrogens (tertiary/aromatic N) is 1. The predicted octanol–water partition coefficient (Wildman–Crippen LogP) is 6.76. The van der Waals surface area contributed by atoms with Crippen LogP contribution in [0, 0.1) is 0 Å². The summed E-state index contributed by atoms with van der Waals surface area (Å²) >= 11 is 5.76. The van der Waals surface area contributed by atoms with Crippen LogP contribution in [-0.2, 0) is 21.7 Å². The number of aliphatic hydroxyl groups is 1. The Balaban J connectivity index is 2.29. The first-order valence-corrected chi connectivity index (χ1v) is 14.7. The van der Waals surface area contributed by atoms with E-state index in [-0.39, 0.29) is 40.6 Å². The number of phenolic OH excluding ortho intramolecular Hbond substituents is 2. The van der Waals surface area contributed by atoms with Gasteiger partial charge in [0.15, 0.2) is 5.11 Å². The van der Waals surface area contributed by atoms with Crippen molar-refractivity contribution in [2.24, 2.45) is 0 Å². The largest absolute Gasteiger partial charge is 0.507 e. The summed E-state index contributed by atoms with van der Waals surface area (Å²) in [7, 11) is 0. The Labute approximate surface area is 247 Å². The molecule has 0 bridgehead atoms. The number of rotatable bonds is 4. The lowest BCUT2D eigenvalue weighted by Crippen LogP contribution is -2.58. The molecule has 0 amide bonds. The third kappa shape index (κ3) is 6.58. The van der Waals surface area contributed by atoms with Gasteiger partial charge in [0.2, 0.25) is 0 Å². The highest BCUT2D eigenvalue weighted by atomic mass is 32.1. The minimum absolute atomic E-state index is 0.0458. The zero-order chi connectivity index (χ0) is 30.6. The number of aliphatic hydroxyl groups excluding tert-OH is 1. The van der Waals surface area contributed by atoms with Gasteiger partial charge < -0.3 is 26.0 Å². The first kappa shape index (κ1) is 32.2. The molecule has 0 radical (unpaired) electrons. The molecule has 1 aliphatic heterocycles. The molecule has 1 fully saturated rings. The number of thiocarbonyl (C=S) groups is 1. The third-order valence-electron chi connectivity index (χ3n) is 7.69. The molecule has 1 heterocycles. The highest BCUT2D eigenvalue weighted by Gasteiger charge is 2.38. The molecule has 5 N–H and O–H groups in total. The molecule has 0 spiro atoms. The van der Waals surface area contributed by atoms with E-state index in [9.17, 15) is 15.3 Å². The van der Waals surface area contributed by atoms with Crippen LogP contribution in [0.4, 0.5) is 0 Å². The maximum absolute atomic E-state index is 11.3. The van der Waals surface area contributed by atoms with Crippen molar-refractivity contribution in [2.75, 3.05) is 13.2 Å². The fourth-order valence-corrected chi connectivity index (χ4v) is 5.67. The summed E-state index contributed by atoms with van der Waals surface area (Å²) in [5, 5.41) is 40.3. The van der Waals surface area contributed by atoms with Crippen molar-refractivity contribution in [2.45, 2.75) is 117 Å². The minimum Gasteiger partial charge on any atom is -0.507 e. The second-order valence-corrected chi connectivity index (χ2v) is 15.7. The molecule has 1 saturated heterocycles. The van der Waals surface area contributed by atoms with Crippen LogP contribution in [0.25, 0.3) is 0 Å². The van der Waals surface area contributed by atoms with Crippen molar-refractivity contribution in [3.05, 3.63) is 57.6 Å². The van der Waals surface area contributed by atoms with E-state index in [1.807, 2.05) is 0 Å². The molecule has 1 aliphatic rings. The van der Waals surface area contributed by atoms with E-state index in [1.54, 1.807) is 0 Å². The van der Waals surface area contributed by atoms with E-state index in [2.05, 4.69) is 123 Å². The van der Waals surface area contributed by atoms with Crippen molar-refractivity contribution in [1.29, 1.82) is 0 Å². The maximum Gasteiger partial charge on any atom is 0.169 e. The van der Waals surface area contributed by atoms with Crippen molar-refractivity contribution in [3.63, 3.8) is 0 Å². The maximum atomic E-state index is 11.3. The zero-order valence-corrected chi connectivity index (χ0v) is 27.4. The van der Waals surface area contributed by atoms with E-state index >= 15 is 0 Å². The average Bonchev–Trinajstić information content (AvgIpc) is 2.77. The highest BCUT2D eigenvalue weighted by Crippen LogP contribution is 2.45. The van der Waals surface area contributed by atoms with Gasteiger partial charge >= 0.3 is 0 Å². The van der Waals surface area contributed by atoms with Crippen molar-refractivity contribution < 1.29 is 15.3 Å². The molecule has 2 unspecified atom stereocenters. The van der Waals surface area contributed by atoms with Crippen molar-refractivity contribution in [1.82, 2.24) is 15.5 Å². The molecule has 0 aromatic heterocycles. The van der Waals surface area contributed by atoms with Gasteiger partial charge in [0.05, 0.1) is 6.61 Å². The lowest BCUT2D eigenvalue weighted by molar-refractivity contribution is 0.0692. The predicted molar refractivity (Wildman–Crippen MR) is 169 cm³/mol. The van der Waals surface area contributed by atoms with Gasteiger partial charge in [-0.25, -0.2) is 0 Å². The Kier molecular flexibility index (Phi) is 8.69. The Morgan fingerprint density at radius 3 is 1.12 bits per heavy atom. The van der Waals surface area contributed by atoms with Gasteiger partial charge in [-0.15, -0.1) is 0 Å². The zero-order valence-electron chi connectivity index (χ0n) is 26.6. The van der Waals surface area contributed by atoms with Crippen LogP contribution in [0.15, 0.2) is 24.3 Å². The van der Waals surface area contributed by atoms with E-state index in [0.29, 0.717) is 23.2 Å². The van der Waals surface area contributed by atoms with Crippen LogP contribution in [-0.4, -0.2) is 38.5 Å². The number of hydrogen-bond acceptors (Lipinski definition) is 5. The quantitative estimate of drug-likeness (QED) is 0.260. The molecular weight excluding hydrogens is 518 g/mol. The molecule has 0 saturated carbocycles. The molecule has 40 heavy (non-hydrogen) atoms. The number of hydrogen-bond donors (Lipinski definition) is 5. The standard InChI is InChI=1S/C33H51N3O3S/c1-30(2,3)21-15-19(16-22(25(21)38)31(4,5)6)27-34-29(40)35-28(36(27)13-14-37)20-17-23(32(7,8)9)26(39)24(18-20)33(10,11)12/h15-18,27-28,37-39H,13-14H2,1-12H3,(H2,34,35,40). The number of β-amino-alcohol motifs (C(OH)–C–C–N with tert-alkyl or cyclic N) is 1. The number of nitrogens with one attached hydrogen (secondary N) is 2. The van der Waals surface area contributed by atoms with E-state index < -0.39 is 0 Å². The Morgan fingerprint density at radius 2 is 0.900 bits per heavy atom. The highest BCUT2D eigenvalue weighted by molar-refractivity contribution is 7.80. The summed E-state index contributed by atoms with van der Waals surface area (Å²) in [6, 6.07) is 8.26. The number of phenols is 2. The SMILES string of the molecule is CC(C)(C)c1cc(C2NC(=S)NC(c3cc(C(C)(C)C)c(O)c(C(C)(C)C)c3)N2CCO)cc(C(C)(C)C)c1O. The molecule has 2 atom stereocenters. The summed E-state index contributed by atoms with van der Waals surface area (Å²) < 4.78 is 0. The van der Waals surface area contributed by atoms with Crippen LogP contribution in [0.2, 0.25) is 0 Å². The molecule has 7 heteroatoms. The van der Waals surface area contributed by atoms with Crippen LogP contribution in [0.5, 0.6) is 11.5 Å². The fraction of sp³-hybridized carbons (Fsp3) is 0.606. The van der Waals surface area contributed by atoms with Gasteiger partial charge in [-0.1, -0.05) is 83.1 Å². The first-order chi connectivity index (χ1) is 18.1. The van der Waals surface area contributed by atoms with Gasteiger partial charge in [0, 0.05) is 6.54 Å². The van der Waals surface area contributed by atoms with Crippen molar-refractivity contribution >= 4 is 17.3 Å². The topological polar surface area (TPSA) is 88.0 Å². The molecule has 0 aliphatic carbocycles. The monoisotopic (exact) mass is 569 g/mol. The Hall–Kier alpha value is -2.35. The summed E-state index contributed by atoms with van der Waals surface area (Å²) in [6.07, 6.45) is -0.697. The second kappa shape index (κ2) is 10.8. The fourth-order valence-electron chi connectivity index (χ4n) is 5.44. The number of aromatic hydroxyl groups is 2. The molecule has 222 valence electrons. The summed E-state index contributed by atoms with van der Waals surface area (Å²) in [6.45, 7) is 25.6. The van der Waals surface area contributed by atoms with Crippen LogP contribution >= 0.6 is 12.2 Å². The summed E-state index contributed by atoms with van der Waals surface area (Å²) in [5.41, 5.74) is 4.30. The normalized spacial score (nSPS) is 19.4. The minimum atomic E-state index is -0.348. The van der Waals surface area contributed by atoms with Gasteiger partial charge in [0.25, 0.3) is 0 Å². The lowest BCUT2D eigenvalue weighted by atomic mass is 9.77. The first-order valence-electron chi connectivity index (χ1n) is 14.3. The second-order valence-electron chi connectivity index (χ2n) is 15.3. The summed E-state index contributed by atoms with van der Waals surface area (Å²) in [5.74, 6) is 0.655. The molecule has 2 aromatic rings. The van der Waals surface area contributed by atoms with Crippen LogP contribution in [0.3, 0.4) is 0 Å². The average molecular weight is 570 g/mol. The molecule has 2 aromatic carbocycles. The van der Waals surface area contributed by atoms with E-state index in [0.717, 1.165) is 33.4 Å². The Bertz CT molecular complexity index is 1100. The van der Waals surface area contributed by atoms with Crippen LogP contribution in [0.1, 0.15) is 129 Å². The van der Waals surface area contributed by atoms with Gasteiger partial charge in [-0.3, -0.25) is 4.90 Å². The smallest absolute Gasteiger partial charge is 0.169 e. The van der Waals surface area contributed by atoms with Gasteiger partial charge in [-0.05, 0) is 91.5 Å². The van der Waals surface area contributed by atoms with E-state index in [4.69, 9.17) is 12.2 Å². The summed E-state index contributed by atoms with van der Waals surface area (Å²) in [4.78, 5) is 2.17. The molecule has 3 rings (SSSR count). The van der Waals surface area contributed by atoms with Crippen molar-refractivity contribution in [3.8, 4) is 11.5 Å². The van der Waals surface area contributed by atoms with Gasteiger partial charge in [-0.2, -0.15) is 0 Å².